The van der Waals surface area contributed by atoms with E-state index in [2.05, 4.69) is 51.7 Å². The third-order valence-corrected chi connectivity index (χ3v) is 14.3. The number of likely N-dealkylation sites (N-methyl/N-ethyl adjacent to an activating group) is 1. The van der Waals surface area contributed by atoms with Crippen LogP contribution < -0.4 is 42.8 Å². The molecule has 0 aliphatic carbocycles. The second kappa shape index (κ2) is 29.0. The van der Waals surface area contributed by atoms with Crippen molar-refractivity contribution in [3.8, 4) is 5.75 Å². The number of hydrogen-bond donors (Lipinski definition) is 9. The number of carbonyl (C=O) groups excluding carboxylic acids is 8. The SMILES string of the molecule is CC[C@@H](C)[C@@H]1C(=O)N(C)[C@@H](Cc2ccc(OC)c(Br)c2)C(=O)N[C@@H]([C@@H](C)CC)C(=O)O[C@@H](C)[C@H](NC(=O)[C@H](NC(=O)[C@@H](COS(=O)(=O)O)OC)C(C)C)C(=O)N[C@@H](CCCN=C(N)N)C(=O)N[C@H]2CC[C@@H](O)N1C2=O. The van der Waals surface area contributed by atoms with Crippen molar-refractivity contribution in [2.24, 2.45) is 34.2 Å². The number of fused-ring (bicyclic) bond motifs is 2. The van der Waals surface area contributed by atoms with Gasteiger partial charge in [-0.1, -0.05) is 60.5 Å². The number of aliphatic hydroxyl groups excluding tert-OH is 1. The summed E-state index contributed by atoms with van der Waals surface area (Å²) >= 11 is 3.47. The van der Waals surface area contributed by atoms with Crippen molar-refractivity contribution in [2.75, 3.05) is 34.4 Å². The number of rotatable bonds is 20. The van der Waals surface area contributed by atoms with Crippen LogP contribution in [0.3, 0.4) is 0 Å². The lowest BCUT2D eigenvalue weighted by Crippen LogP contribution is -2.66. The zero-order valence-corrected chi connectivity index (χ0v) is 46.4. The first-order valence-electron chi connectivity index (χ1n) is 24.6. The highest BCUT2D eigenvalue weighted by Crippen LogP contribution is 2.30. The van der Waals surface area contributed by atoms with Crippen LogP contribution in [0.25, 0.3) is 0 Å². The summed E-state index contributed by atoms with van der Waals surface area (Å²) in [6.07, 6.45) is -4.59. The lowest BCUT2D eigenvalue weighted by Gasteiger charge is -2.44. The maximum absolute atomic E-state index is 15.1. The molecule has 1 aromatic rings. The van der Waals surface area contributed by atoms with Gasteiger partial charge in [-0.2, -0.15) is 8.42 Å². The van der Waals surface area contributed by atoms with Crippen molar-refractivity contribution >= 4 is 79.6 Å². The first-order valence-corrected chi connectivity index (χ1v) is 26.8. The maximum Gasteiger partial charge on any atom is 0.397 e. The minimum absolute atomic E-state index is 0.0162. The van der Waals surface area contributed by atoms with Gasteiger partial charge in [0.1, 0.15) is 67.0 Å². The summed E-state index contributed by atoms with van der Waals surface area (Å²) in [7, 11) is -1.13. The molecule has 2 bridgehead atoms. The minimum atomic E-state index is -5.01. The number of halogens is 1. The monoisotopic (exact) mass is 1150 g/mol. The predicted molar refractivity (Wildman–Crippen MR) is 274 cm³/mol. The Labute approximate surface area is 445 Å². The van der Waals surface area contributed by atoms with Crippen LogP contribution in [-0.4, -0.2) is 176 Å². The number of ether oxygens (including phenoxy) is 3. The number of nitrogens with two attached hydrogens (primary N) is 2. The van der Waals surface area contributed by atoms with Gasteiger partial charge in [-0.15, -0.1) is 0 Å². The van der Waals surface area contributed by atoms with Crippen LogP contribution >= 0.6 is 15.9 Å². The highest BCUT2D eigenvalue weighted by Gasteiger charge is 2.47. The van der Waals surface area contributed by atoms with E-state index in [9.17, 15) is 47.1 Å². The lowest BCUT2D eigenvalue weighted by atomic mass is 9.91. The van der Waals surface area contributed by atoms with Gasteiger partial charge in [0.25, 0.3) is 5.91 Å². The van der Waals surface area contributed by atoms with Crippen molar-refractivity contribution in [2.45, 2.75) is 154 Å². The second-order valence-electron chi connectivity index (χ2n) is 19.0. The Bertz CT molecular complexity index is 2340. The summed E-state index contributed by atoms with van der Waals surface area (Å²) in [4.78, 5) is 122. The maximum atomic E-state index is 15.1. The van der Waals surface area contributed by atoms with E-state index in [4.69, 9.17) is 30.2 Å². The standard InChI is InChI=1S/C47H75BrN10O16S/c1-11-24(5)36-46(67)74-26(7)37(56-42(63)35(23(3)4)54-41(62)33(72-10)22-73-75(68,69)70)43(64)52-29(14-13-19-51-47(49)50)39(60)53-30-16-18-34(59)58(44(30)65)38(25(6)12-2)45(66)57(8)31(40(61)55-36)21-27-15-17-32(71-9)28(48)20-27/h15,17,20,23-26,29-31,33-38,59H,11-14,16,18-19,21-22H2,1-10H3,(H,52,64)(H,53,60)(H,54,62)(H,55,61)(H,56,63)(H4,49,50,51)(H,68,69,70)/t24-,25+,26-,29-,30-,31-,33+,34+,35+,36-,37-,38+/m0/s1. The van der Waals surface area contributed by atoms with Crippen LogP contribution in [-0.2, 0) is 68.8 Å². The van der Waals surface area contributed by atoms with Gasteiger partial charge in [-0.25, -0.2) is 8.98 Å². The molecule has 2 heterocycles. The van der Waals surface area contributed by atoms with Crippen molar-refractivity contribution < 1.29 is 74.8 Å². The Hall–Kier alpha value is -5.68. The Morgan fingerprint density at radius 2 is 1.60 bits per heavy atom. The Balaban J connectivity index is 2.29. The number of esters is 1. The number of cyclic esters (lactones) is 1. The molecule has 0 radical (unpaired) electrons. The van der Waals surface area contributed by atoms with Gasteiger partial charge in [0.05, 0.1) is 11.6 Å². The van der Waals surface area contributed by atoms with Crippen molar-refractivity contribution in [3.63, 3.8) is 0 Å². The molecule has 75 heavy (non-hydrogen) atoms. The van der Waals surface area contributed by atoms with Gasteiger partial charge in [-0.3, -0.25) is 43.1 Å². The molecule has 28 heteroatoms. The molecule has 1 aromatic carbocycles. The van der Waals surface area contributed by atoms with Gasteiger partial charge < -0.3 is 67.2 Å². The van der Waals surface area contributed by atoms with Crippen molar-refractivity contribution in [3.05, 3.63) is 28.2 Å². The minimum Gasteiger partial charge on any atom is -0.496 e. The number of nitrogens with zero attached hydrogens (tertiary/aromatic N) is 3. The van der Waals surface area contributed by atoms with Gasteiger partial charge >= 0.3 is 16.4 Å². The second-order valence-corrected chi connectivity index (χ2v) is 21.0. The van der Waals surface area contributed by atoms with Crippen LogP contribution in [0.15, 0.2) is 27.7 Å². The lowest BCUT2D eigenvalue weighted by molar-refractivity contribution is -0.168. The van der Waals surface area contributed by atoms with Gasteiger partial charge in [0.15, 0.2) is 12.1 Å². The van der Waals surface area contributed by atoms with Crippen LogP contribution in [0.2, 0.25) is 0 Å². The Morgan fingerprint density at radius 3 is 2.16 bits per heavy atom. The predicted octanol–water partition coefficient (Wildman–Crippen LogP) is -0.858. The fraction of sp³-hybridized carbons (Fsp3) is 0.681. The third-order valence-electron chi connectivity index (χ3n) is 13.3. The molecule has 26 nitrogen and oxygen atoms in total. The largest absolute Gasteiger partial charge is 0.496 e. The molecule has 0 saturated carbocycles. The van der Waals surface area contributed by atoms with Crippen LogP contribution in [0.1, 0.15) is 92.6 Å². The molecule has 3 rings (SSSR count). The zero-order valence-electron chi connectivity index (χ0n) is 44.0. The highest BCUT2D eigenvalue weighted by atomic mass is 79.9. The molecule has 0 spiro atoms. The highest BCUT2D eigenvalue weighted by molar-refractivity contribution is 9.10. The molecule has 2 saturated heterocycles. The number of aliphatic hydroxyl groups is 1. The molecule has 11 N–H and O–H groups in total. The molecule has 0 unspecified atom stereocenters. The normalized spacial score (nSPS) is 25.2. The number of guanidine groups is 1. The van der Waals surface area contributed by atoms with E-state index in [0.717, 1.165) is 16.9 Å². The molecule has 0 aromatic heterocycles. The number of piperidine rings is 1. The first kappa shape index (κ1) is 63.6. The molecule has 7 amide bonds. The van der Waals surface area contributed by atoms with E-state index in [1.165, 1.54) is 34.9 Å². The van der Waals surface area contributed by atoms with E-state index in [1.807, 2.05) is 0 Å². The molecular weight excluding hydrogens is 1070 g/mol. The number of benzene rings is 1. The third kappa shape index (κ3) is 18.0. The van der Waals surface area contributed by atoms with E-state index < -0.39 is 143 Å². The number of hydrogen-bond acceptors (Lipinski definition) is 16. The Morgan fingerprint density at radius 1 is 0.947 bits per heavy atom. The smallest absolute Gasteiger partial charge is 0.397 e. The zero-order chi connectivity index (χ0) is 56.6. The number of nitrogens with one attached hydrogen (secondary N) is 5. The van der Waals surface area contributed by atoms with Gasteiger partial charge in [0.2, 0.25) is 35.4 Å². The number of methoxy groups -OCH3 is 2. The molecule has 422 valence electrons. The summed E-state index contributed by atoms with van der Waals surface area (Å²) in [5.41, 5.74) is 11.6. The fourth-order valence-corrected chi connectivity index (χ4v) is 9.30. The topological polar surface area (TPSA) is 379 Å². The van der Waals surface area contributed by atoms with E-state index in [-0.39, 0.29) is 51.0 Å². The van der Waals surface area contributed by atoms with Crippen LogP contribution in [0, 0.1) is 17.8 Å². The molecule has 2 fully saturated rings. The number of carbonyl (C=O) groups is 8. The average molecular weight is 1150 g/mol. The summed E-state index contributed by atoms with van der Waals surface area (Å²) in [6, 6.07) is -5.40. The molecule has 2 aliphatic rings. The Kier molecular flexibility index (Phi) is 24.6. The van der Waals surface area contributed by atoms with Gasteiger partial charge in [0, 0.05) is 27.1 Å². The first-order chi connectivity index (χ1) is 35.1. The fourth-order valence-electron chi connectivity index (χ4n) is 8.42. The summed E-state index contributed by atoms with van der Waals surface area (Å²) in [6.45, 7) is 10.2. The van der Waals surface area contributed by atoms with Crippen LogP contribution in [0.5, 0.6) is 5.75 Å². The molecule has 12 atom stereocenters. The average Bonchev–Trinajstić information content (AvgIpc) is 3.34. The number of aliphatic imine (C=N–C) groups is 1. The van der Waals surface area contributed by atoms with Gasteiger partial charge in [-0.05, 0) is 84.0 Å². The quantitative estimate of drug-likeness (QED) is 0.0252. The summed E-state index contributed by atoms with van der Waals surface area (Å²) < 4.78 is 52.8. The van der Waals surface area contributed by atoms with Crippen LogP contribution in [0.4, 0.5) is 0 Å². The van der Waals surface area contributed by atoms with Crippen molar-refractivity contribution in [1.29, 1.82) is 0 Å². The number of amides is 7. The van der Waals surface area contributed by atoms with E-state index in [0.29, 0.717) is 22.2 Å². The van der Waals surface area contributed by atoms with E-state index in [1.54, 1.807) is 45.9 Å². The summed E-state index contributed by atoms with van der Waals surface area (Å²) in [5, 5.41) is 24.5. The summed E-state index contributed by atoms with van der Waals surface area (Å²) in [5.74, 6) is -9.34. The molecular formula is C47H75BrN10O16S. The molecule has 2 aliphatic heterocycles. The van der Waals surface area contributed by atoms with Crippen molar-refractivity contribution in [1.82, 2.24) is 36.4 Å². The van der Waals surface area contributed by atoms with E-state index >= 15 is 4.79 Å².